The largest absolute Gasteiger partial charge is 0.376 e. The molecule has 1 fully saturated rings. The molecule has 3 aromatic rings. The Hall–Kier alpha value is -2.66. The maximum Gasteiger partial charge on any atom is 0.228 e. The number of nitrogens with zero attached hydrogens (tertiary/aromatic N) is 2. The van der Waals surface area contributed by atoms with Gasteiger partial charge >= 0.3 is 0 Å². The summed E-state index contributed by atoms with van der Waals surface area (Å²) < 4.78 is 5.84. The van der Waals surface area contributed by atoms with Gasteiger partial charge in [-0.05, 0) is 18.1 Å². The average molecular weight is 349 g/mol. The molecule has 0 unspecified atom stereocenters. The van der Waals surface area contributed by atoms with Gasteiger partial charge in [-0.1, -0.05) is 48.5 Å². The summed E-state index contributed by atoms with van der Waals surface area (Å²) in [5.74, 6) is 0.575. The Morgan fingerprint density at radius 1 is 1.15 bits per heavy atom. The van der Waals surface area contributed by atoms with Crippen LogP contribution in [0.2, 0.25) is 0 Å². The number of likely N-dealkylation sites (tertiary alicyclic amines) is 1. The SMILES string of the molecule is O=C(Cc1[nH]nc2ccccc12)N1CC[C@H](COCc2ccccc2)C1. The number of benzene rings is 2. The molecule has 1 aromatic heterocycles. The lowest BCUT2D eigenvalue weighted by Crippen LogP contribution is -2.30. The van der Waals surface area contributed by atoms with Gasteiger partial charge in [0.1, 0.15) is 0 Å². The normalized spacial score (nSPS) is 17.1. The van der Waals surface area contributed by atoms with Crippen LogP contribution >= 0.6 is 0 Å². The molecule has 1 amide bonds. The van der Waals surface area contributed by atoms with Gasteiger partial charge in [-0.2, -0.15) is 5.10 Å². The lowest BCUT2D eigenvalue weighted by atomic mass is 10.1. The zero-order valence-corrected chi connectivity index (χ0v) is 14.7. The summed E-state index contributed by atoms with van der Waals surface area (Å²) in [6.45, 7) is 2.92. The maximum atomic E-state index is 12.6. The van der Waals surface area contributed by atoms with Crippen molar-refractivity contribution in [3.05, 3.63) is 65.9 Å². The molecule has 2 heterocycles. The number of carbonyl (C=O) groups excluding carboxylic acids is 1. The molecule has 134 valence electrons. The highest BCUT2D eigenvalue weighted by Crippen LogP contribution is 2.20. The number of aromatic amines is 1. The molecule has 1 atom stereocenters. The fourth-order valence-electron chi connectivity index (χ4n) is 3.52. The minimum absolute atomic E-state index is 0.157. The van der Waals surface area contributed by atoms with Crippen LogP contribution in [0.4, 0.5) is 0 Å². The van der Waals surface area contributed by atoms with Gasteiger partial charge in [0.2, 0.25) is 5.91 Å². The molecule has 1 saturated heterocycles. The highest BCUT2D eigenvalue weighted by molar-refractivity contribution is 5.87. The molecule has 5 nitrogen and oxygen atoms in total. The van der Waals surface area contributed by atoms with E-state index in [1.165, 1.54) is 5.56 Å². The van der Waals surface area contributed by atoms with Gasteiger partial charge in [0.05, 0.1) is 30.8 Å². The molecule has 2 aromatic carbocycles. The van der Waals surface area contributed by atoms with Gasteiger partial charge in [-0.25, -0.2) is 0 Å². The first-order chi connectivity index (χ1) is 12.8. The predicted octanol–water partition coefficient (Wildman–Crippen LogP) is 3.17. The summed E-state index contributed by atoms with van der Waals surface area (Å²) in [6.07, 6.45) is 1.38. The Morgan fingerprint density at radius 3 is 2.85 bits per heavy atom. The van der Waals surface area contributed by atoms with E-state index in [-0.39, 0.29) is 5.91 Å². The lowest BCUT2D eigenvalue weighted by molar-refractivity contribution is -0.129. The van der Waals surface area contributed by atoms with Crippen molar-refractivity contribution in [1.82, 2.24) is 15.1 Å². The molecule has 5 heteroatoms. The number of carbonyl (C=O) groups is 1. The standard InChI is InChI=1S/C21H23N3O2/c25-21(12-20-18-8-4-5-9-19(18)22-23-20)24-11-10-17(13-24)15-26-14-16-6-2-1-3-7-16/h1-9,17H,10-15H2,(H,22,23)/t17-/m0/s1. The molecule has 0 spiro atoms. The third kappa shape index (κ3) is 3.78. The Balaban J connectivity index is 1.27. The van der Waals surface area contributed by atoms with E-state index in [1.807, 2.05) is 47.4 Å². The molecule has 0 bridgehead atoms. The summed E-state index contributed by atoms with van der Waals surface area (Å²) >= 11 is 0. The van der Waals surface area contributed by atoms with E-state index in [2.05, 4.69) is 22.3 Å². The molecule has 26 heavy (non-hydrogen) atoms. The Labute approximate surface area is 153 Å². The van der Waals surface area contributed by atoms with Crippen molar-refractivity contribution in [3.63, 3.8) is 0 Å². The van der Waals surface area contributed by atoms with Gasteiger partial charge in [0.15, 0.2) is 0 Å². The minimum Gasteiger partial charge on any atom is -0.376 e. The molecular weight excluding hydrogens is 326 g/mol. The summed E-state index contributed by atoms with van der Waals surface area (Å²) in [5.41, 5.74) is 2.99. The van der Waals surface area contributed by atoms with Gasteiger partial charge < -0.3 is 9.64 Å². The first kappa shape index (κ1) is 16.8. The van der Waals surface area contributed by atoms with Crippen LogP contribution in [0.5, 0.6) is 0 Å². The molecule has 1 aliphatic heterocycles. The average Bonchev–Trinajstić information content (AvgIpc) is 3.30. The van der Waals surface area contributed by atoms with E-state index >= 15 is 0 Å². The zero-order valence-electron chi connectivity index (χ0n) is 14.7. The van der Waals surface area contributed by atoms with Gasteiger partial charge in [-0.15, -0.1) is 0 Å². The van der Waals surface area contributed by atoms with Crippen molar-refractivity contribution in [3.8, 4) is 0 Å². The van der Waals surface area contributed by atoms with Gasteiger partial charge in [0, 0.05) is 24.4 Å². The monoisotopic (exact) mass is 349 g/mol. The molecule has 1 aliphatic rings. The number of nitrogens with one attached hydrogen (secondary N) is 1. The highest BCUT2D eigenvalue weighted by Gasteiger charge is 2.26. The Bertz CT molecular complexity index is 875. The van der Waals surface area contributed by atoms with E-state index in [0.29, 0.717) is 25.6 Å². The number of H-pyrrole nitrogens is 1. The van der Waals surface area contributed by atoms with E-state index < -0.39 is 0 Å². The molecule has 0 radical (unpaired) electrons. The number of amides is 1. The van der Waals surface area contributed by atoms with Crippen LogP contribution in [0.3, 0.4) is 0 Å². The van der Waals surface area contributed by atoms with Crippen molar-refractivity contribution in [2.45, 2.75) is 19.4 Å². The van der Waals surface area contributed by atoms with Crippen molar-refractivity contribution in [1.29, 1.82) is 0 Å². The number of ether oxygens (including phenoxy) is 1. The molecule has 1 N–H and O–H groups in total. The summed E-state index contributed by atoms with van der Waals surface area (Å²) in [5, 5.41) is 8.31. The molecule has 0 aliphatic carbocycles. The van der Waals surface area contributed by atoms with E-state index in [4.69, 9.17) is 4.74 Å². The smallest absolute Gasteiger partial charge is 0.228 e. The first-order valence-corrected chi connectivity index (χ1v) is 9.11. The number of hydrogen-bond donors (Lipinski definition) is 1. The van der Waals surface area contributed by atoms with Crippen LogP contribution in [0, 0.1) is 5.92 Å². The number of hydrogen-bond acceptors (Lipinski definition) is 3. The van der Waals surface area contributed by atoms with Crippen LogP contribution in [0.25, 0.3) is 10.9 Å². The predicted molar refractivity (Wildman–Crippen MR) is 101 cm³/mol. The van der Waals surface area contributed by atoms with Gasteiger partial charge in [-0.3, -0.25) is 9.89 Å². The van der Waals surface area contributed by atoms with Crippen molar-refractivity contribution < 1.29 is 9.53 Å². The molecule has 4 rings (SSSR count). The summed E-state index contributed by atoms with van der Waals surface area (Å²) in [6, 6.07) is 18.1. The van der Waals surface area contributed by atoms with Crippen LogP contribution in [-0.2, 0) is 22.6 Å². The summed E-state index contributed by atoms with van der Waals surface area (Å²) in [7, 11) is 0. The van der Waals surface area contributed by atoms with Crippen molar-refractivity contribution in [2.75, 3.05) is 19.7 Å². The van der Waals surface area contributed by atoms with Crippen molar-refractivity contribution >= 4 is 16.8 Å². The van der Waals surface area contributed by atoms with E-state index in [0.717, 1.165) is 36.1 Å². The van der Waals surface area contributed by atoms with Crippen LogP contribution in [0.15, 0.2) is 54.6 Å². The fraction of sp³-hybridized carbons (Fsp3) is 0.333. The highest BCUT2D eigenvalue weighted by atomic mass is 16.5. The lowest BCUT2D eigenvalue weighted by Gasteiger charge is -2.16. The second-order valence-corrected chi connectivity index (χ2v) is 6.89. The minimum atomic E-state index is 0.157. The topological polar surface area (TPSA) is 58.2 Å². The summed E-state index contributed by atoms with van der Waals surface area (Å²) in [4.78, 5) is 14.6. The fourth-order valence-corrected chi connectivity index (χ4v) is 3.52. The first-order valence-electron chi connectivity index (χ1n) is 9.11. The number of fused-ring (bicyclic) bond motifs is 1. The second kappa shape index (κ2) is 7.70. The van der Waals surface area contributed by atoms with E-state index in [1.54, 1.807) is 0 Å². The van der Waals surface area contributed by atoms with Gasteiger partial charge in [0.25, 0.3) is 0 Å². The number of rotatable bonds is 6. The number of aromatic nitrogens is 2. The van der Waals surface area contributed by atoms with Crippen molar-refractivity contribution in [2.24, 2.45) is 5.92 Å². The molecular formula is C21H23N3O2. The third-order valence-corrected chi connectivity index (χ3v) is 4.97. The van der Waals surface area contributed by atoms with Crippen LogP contribution in [0.1, 0.15) is 17.7 Å². The zero-order chi connectivity index (χ0) is 17.8. The number of para-hydroxylation sites is 1. The maximum absolute atomic E-state index is 12.6. The van der Waals surface area contributed by atoms with Crippen LogP contribution < -0.4 is 0 Å². The molecule has 0 saturated carbocycles. The second-order valence-electron chi connectivity index (χ2n) is 6.89. The van der Waals surface area contributed by atoms with E-state index in [9.17, 15) is 4.79 Å². The van der Waals surface area contributed by atoms with Crippen LogP contribution in [-0.4, -0.2) is 40.7 Å². The third-order valence-electron chi connectivity index (χ3n) is 4.97. The quantitative estimate of drug-likeness (QED) is 0.744. The Morgan fingerprint density at radius 2 is 1.96 bits per heavy atom. The Kier molecular flexibility index (Phi) is 4.97.